The van der Waals surface area contributed by atoms with Gasteiger partial charge in [-0.1, -0.05) is 13.8 Å². The second-order valence-corrected chi connectivity index (χ2v) is 6.74. The Morgan fingerprint density at radius 3 is 2.41 bits per heavy atom. The number of likely N-dealkylation sites (tertiary alicyclic amines) is 1. The first-order chi connectivity index (χ1) is 10.6. The highest BCUT2D eigenvalue weighted by Crippen LogP contribution is 2.30. The first-order valence-corrected chi connectivity index (χ1v) is 8.52. The van der Waals surface area contributed by atoms with Gasteiger partial charge in [0.25, 0.3) is 0 Å². The van der Waals surface area contributed by atoms with E-state index in [1.54, 1.807) is 6.07 Å². The van der Waals surface area contributed by atoms with E-state index in [-0.39, 0.29) is 11.7 Å². The van der Waals surface area contributed by atoms with Crippen molar-refractivity contribution in [3.8, 4) is 0 Å². The topological polar surface area (TPSA) is 15.7 Å². The van der Waals surface area contributed by atoms with Crippen molar-refractivity contribution in [2.45, 2.75) is 39.2 Å². The fourth-order valence-electron chi connectivity index (χ4n) is 3.62. The van der Waals surface area contributed by atoms with Gasteiger partial charge < -0.3 is 9.64 Å². The van der Waals surface area contributed by atoms with Crippen LogP contribution in [0.3, 0.4) is 0 Å². The van der Waals surface area contributed by atoms with Crippen molar-refractivity contribution in [1.29, 1.82) is 0 Å². The molecule has 2 heterocycles. The van der Waals surface area contributed by atoms with Crippen LogP contribution in [0, 0.1) is 5.82 Å². The number of nitrogens with zero attached hydrogens (tertiary/aromatic N) is 2. The van der Waals surface area contributed by atoms with Crippen LogP contribution >= 0.6 is 0 Å². The molecule has 0 saturated carbocycles. The summed E-state index contributed by atoms with van der Waals surface area (Å²) in [6, 6.07) is 3.93. The van der Waals surface area contributed by atoms with Crippen LogP contribution in [-0.4, -0.2) is 44.3 Å². The van der Waals surface area contributed by atoms with Crippen LogP contribution in [0.1, 0.15) is 43.7 Å². The lowest BCUT2D eigenvalue weighted by molar-refractivity contribution is 0.122. The molecular weight excluding hydrogens is 279 g/mol. The quantitative estimate of drug-likeness (QED) is 0.848. The Morgan fingerprint density at radius 2 is 1.77 bits per heavy atom. The van der Waals surface area contributed by atoms with Crippen LogP contribution in [0.2, 0.25) is 0 Å². The number of morpholine rings is 1. The molecule has 0 spiro atoms. The van der Waals surface area contributed by atoms with Gasteiger partial charge in [0, 0.05) is 25.3 Å². The normalized spacial score (nSPS) is 20.1. The van der Waals surface area contributed by atoms with E-state index in [9.17, 15) is 4.39 Å². The predicted octanol–water partition coefficient (Wildman–Crippen LogP) is 3.38. The van der Waals surface area contributed by atoms with Gasteiger partial charge in [-0.25, -0.2) is 4.39 Å². The summed E-state index contributed by atoms with van der Waals surface area (Å²) in [6.07, 6.45) is 2.53. The molecule has 1 aromatic carbocycles. The molecule has 2 saturated heterocycles. The number of benzene rings is 1. The van der Waals surface area contributed by atoms with E-state index in [1.165, 1.54) is 18.4 Å². The number of halogens is 1. The third-order valence-corrected chi connectivity index (χ3v) is 4.75. The molecule has 122 valence electrons. The lowest BCUT2D eigenvalue weighted by Gasteiger charge is -2.30. The van der Waals surface area contributed by atoms with Gasteiger partial charge in [-0.2, -0.15) is 0 Å². The molecule has 4 heteroatoms. The lowest BCUT2D eigenvalue weighted by atomic mass is 9.95. The fourth-order valence-corrected chi connectivity index (χ4v) is 3.62. The second-order valence-electron chi connectivity index (χ2n) is 6.74. The molecule has 0 bridgehead atoms. The summed E-state index contributed by atoms with van der Waals surface area (Å²) < 4.78 is 20.1. The Bertz CT molecular complexity index is 506. The lowest BCUT2D eigenvalue weighted by Crippen LogP contribution is -2.36. The Hall–Kier alpha value is -1.13. The molecule has 0 atom stereocenters. The maximum atomic E-state index is 14.7. The molecule has 0 aromatic heterocycles. The summed E-state index contributed by atoms with van der Waals surface area (Å²) in [5.74, 6) is 0.171. The van der Waals surface area contributed by atoms with Gasteiger partial charge in [0.15, 0.2) is 0 Å². The van der Waals surface area contributed by atoms with E-state index in [4.69, 9.17) is 4.74 Å². The molecule has 22 heavy (non-hydrogen) atoms. The van der Waals surface area contributed by atoms with Crippen LogP contribution in [0.15, 0.2) is 12.1 Å². The molecule has 0 amide bonds. The van der Waals surface area contributed by atoms with E-state index >= 15 is 0 Å². The van der Waals surface area contributed by atoms with Crippen LogP contribution in [0.5, 0.6) is 0 Å². The van der Waals surface area contributed by atoms with Gasteiger partial charge in [0.2, 0.25) is 0 Å². The number of anilines is 1. The van der Waals surface area contributed by atoms with Crippen molar-refractivity contribution in [2.24, 2.45) is 0 Å². The summed E-state index contributed by atoms with van der Waals surface area (Å²) in [4.78, 5) is 4.69. The van der Waals surface area contributed by atoms with Crippen molar-refractivity contribution < 1.29 is 9.13 Å². The second kappa shape index (κ2) is 6.97. The van der Waals surface area contributed by atoms with Gasteiger partial charge in [-0.15, -0.1) is 0 Å². The average Bonchev–Trinajstić information content (AvgIpc) is 3.00. The highest BCUT2D eigenvalue weighted by Gasteiger charge is 2.21. The van der Waals surface area contributed by atoms with E-state index in [2.05, 4.69) is 29.7 Å². The summed E-state index contributed by atoms with van der Waals surface area (Å²) in [5, 5.41) is 0. The molecule has 0 unspecified atom stereocenters. The third kappa shape index (κ3) is 3.44. The first-order valence-electron chi connectivity index (χ1n) is 8.52. The van der Waals surface area contributed by atoms with E-state index in [1.807, 2.05) is 0 Å². The molecule has 0 aliphatic carbocycles. The van der Waals surface area contributed by atoms with Crippen molar-refractivity contribution in [1.82, 2.24) is 4.90 Å². The summed E-state index contributed by atoms with van der Waals surface area (Å²) in [6.45, 7) is 10.5. The molecular formula is C18H27FN2O. The minimum Gasteiger partial charge on any atom is -0.378 e. The van der Waals surface area contributed by atoms with Crippen LogP contribution in [-0.2, 0) is 11.3 Å². The molecule has 3 rings (SSSR count). The zero-order valence-electron chi connectivity index (χ0n) is 13.8. The smallest absolute Gasteiger partial charge is 0.129 e. The highest BCUT2D eigenvalue weighted by molar-refractivity contribution is 5.53. The minimum absolute atomic E-state index is 0.0480. The maximum Gasteiger partial charge on any atom is 0.129 e. The third-order valence-electron chi connectivity index (χ3n) is 4.75. The highest BCUT2D eigenvalue weighted by atomic mass is 19.1. The Morgan fingerprint density at radius 1 is 1.09 bits per heavy atom. The Labute approximate surface area is 133 Å². The molecule has 3 nitrogen and oxygen atoms in total. The average molecular weight is 306 g/mol. The van der Waals surface area contributed by atoms with Crippen LogP contribution < -0.4 is 4.90 Å². The Kier molecular flexibility index (Phi) is 4.99. The van der Waals surface area contributed by atoms with Crippen molar-refractivity contribution in [3.63, 3.8) is 0 Å². The molecule has 2 aliphatic heterocycles. The van der Waals surface area contributed by atoms with Crippen LogP contribution in [0.25, 0.3) is 0 Å². The number of ether oxygens (including phenoxy) is 1. The standard InChI is InChI=1S/C18H27FN2O/c1-14(2)18-15(13-20-5-3-4-6-20)11-16(12-17(18)19)21-7-9-22-10-8-21/h11-12,14H,3-10,13H2,1-2H3. The minimum atomic E-state index is -0.0480. The van der Waals surface area contributed by atoms with E-state index in [0.29, 0.717) is 0 Å². The molecule has 1 aromatic rings. The van der Waals surface area contributed by atoms with Crippen molar-refractivity contribution in [2.75, 3.05) is 44.3 Å². The SMILES string of the molecule is CC(C)c1c(F)cc(N2CCOCC2)cc1CN1CCCC1. The van der Waals surface area contributed by atoms with Gasteiger partial charge in [-0.3, -0.25) is 4.90 Å². The van der Waals surface area contributed by atoms with Gasteiger partial charge in [0.1, 0.15) is 5.82 Å². The Balaban J connectivity index is 1.90. The summed E-state index contributed by atoms with van der Waals surface area (Å²) >= 11 is 0. The molecule has 0 radical (unpaired) electrons. The van der Waals surface area contributed by atoms with Crippen molar-refractivity contribution >= 4 is 5.69 Å². The number of rotatable bonds is 4. The zero-order valence-corrected chi connectivity index (χ0v) is 13.8. The molecule has 2 fully saturated rings. The van der Waals surface area contributed by atoms with E-state index in [0.717, 1.165) is 57.2 Å². The number of hydrogen-bond acceptors (Lipinski definition) is 3. The van der Waals surface area contributed by atoms with Crippen molar-refractivity contribution in [3.05, 3.63) is 29.1 Å². The monoisotopic (exact) mass is 306 g/mol. The molecule has 0 N–H and O–H groups in total. The summed E-state index contributed by atoms with van der Waals surface area (Å²) in [7, 11) is 0. The van der Waals surface area contributed by atoms with E-state index < -0.39 is 0 Å². The largest absolute Gasteiger partial charge is 0.378 e. The van der Waals surface area contributed by atoms with Gasteiger partial charge in [-0.05, 0) is 55.1 Å². The zero-order chi connectivity index (χ0) is 15.5. The summed E-state index contributed by atoms with van der Waals surface area (Å²) in [5.41, 5.74) is 3.07. The number of hydrogen-bond donors (Lipinski definition) is 0. The van der Waals surface area contributed by atoms with Gasteiger partial charge in [0.05, 0.1) is 13.2 Å². The first kappa shape index (κ1) is 15.8. The van der Waals surface area contributed by atoms with Crippen LogP contribution in [0.4, 0.5) is 10.1 Å². The maximum absolute atomic E-state index is 14.7. The molecule has 2 aliphatic rings. The predicted molar refractivity (Wildman–Crippen MR) is 88.0 cm³/mol. The fraction of sp³-hybridized carbons (Fsp3) is 0.667. The van der Waals surface area contributed by atoms with Gasteiger partial charge >= 0.3 is 0 Å².